The molecule has 1 aliphatic rings. The number of anilines is 1. The molecule has 2 amide bonds. The van der Waals surface area contributed by atoms with Crippen LogP contribution in [0.3, 0.4) is 0 Å². The lowest BCUT2D eigenvalue weighted by Gasteiger charge is -2.23. The van der Waals surface area contributed by atoms with Crippen molar-refractivity contribution in [2.75, 3.05) is 18.5 Å². The SMILES string of the molecule is C=CC(=O)N(C)C1CCN(c2ccccc2Cl)C1=O. The molecule has 19 heavy (non-hydrogen) atoms. The first kappa shape index (κ1) is 13.6. The zero-order chi connectivity index (χ0) is 14.0. The molecule has 1 unspecified atom stereocenters. The van der Waals surface area contributed by atoms with Gasteiger partial charge >= 0.3 is 0 Å². The minimum Gasteiger partial charge on any atom is -0.330 e. The van der Waals surface area contributed by atoms with Crippen molar-refractivity contribution in [3.05, 3.63) is 41.9 Å². The van der Waals surface area contributed by atoms with Gasteiger partial charge in [0.25, 0.3) is 0 Å². The summed E-state index contributed by atoms with van der Waals surface area (Å²) >= 11 is 6.10. The average Bonchev–Trinajstić information content (AvgIpc) is 2.79. The van der Waals surface area contributed by atoms with E-state index in [1.807, 2.05) is 12.1 Å². The van der Waals surface area contributed by atoms with E-state index in [-0.39, 0.29) is 11.8 Å². The van der Waals surface area contributed by atoms with Crippen LogP contribution in [-0.4, -0.2) is 36.3 Å². The van der Waals surface area contributed by atoms with E-state index in [0.29, 0.717) is 23.7 Å². The van der Waals surface area contributed by atoms with Crippen LogP contribution >= 0.6 is 11.6 Å². The van der Waals surface area contributed by atoms with Gasteiger partial charge in [-0.1, -0.05) is 30.3 Å². The van der Waals surface area contributed by atoms with Crippen molar-refractivity contribution in [1.29, 1.82) is 0 Å². The first-order valence-electron chi connectivity index (χ1n) is 6.01. The predicted molar refractivity (Wildman–Crippen MR) is 75.2 cm³/mol. The standard InChI is InChI=1S/C14H15ClN2O2/c1-3-13(18)16(2)12-8-9-17(14(12)19)11-7-5-4-6-10(11)15/h3-7,12H,1,8-9H2,2H3. The van der Waals surface area contributed by atoms with E-state index in [1.165, 1.54) is 11.0 Å². The number of benzene rings is 1. The van der Waals surface area contributed by atoms with Crippen LogP contribution in [0.2, 0.25) is 5.02 Å². The Morgan fingerprint density at radius 1 is 1.53 bits per heavy atom. The van der Waals surface area contributed by atoms with E-state index >= 15 is 0 Å². The molecule has 0 bridgehead atoms. The number of likely N-dealkylation sites (N-methyl/N-ethyl adjacent to an activating group) is 1. The van der Waals surface area contributed by atoms with Crippen LogP contribution in [0.5, 0.6) is 0 Å². The van der Waals surface area contributed by atoms with Crippen LogP contribution in [0.4, 0.5) is 5.69 Å². The maximum absolute atomic E-state index is 12.4. The number of hydrogen-bond donors (Lipinski definition) is 0. The summed E-state index contributed by atoms with van der Waals surface area (Å²) in [7, 11) is 1.61. The van der Waals surface area contributed by atoms with Gasteiger partial charge in [0.1, 0.15) is 6.04 Å². The van der Waals surface area contributed by atoms with Crippen molar-refractivity contribution in [3.8, 4) is 0 Å². The van der Waals surface area contributed by atoms with Crippen LogP contribution in [0.1, 0.15) is 6.42 Å². The number of rotatable bonds is 3. The summed E-state index contributed by atoms with van der Waals surface area (Å²) in [6, 6.07) is 6.76. The number of para-hydroxylation sites is 1. The minimum atomic E-state index is -0.443. The Labute approximate surface area is 117 Å². The second-order valence-corrected chi connectivity index (χ2v) is 4.81. The molecule has 2 rings (SSSR count). The Kier molecular flexibility index (Phi) is 3.90. The third-order valence-corrected chi connectivity index (χ3v) is 3.63. The number of halogens is 1. The number of amides is 2. The highest BCUT2D eigenvalue weighted by Gasteiger charge is 2.37. The Morgan fingerprint density at radius 3 is 2.84 bits per heavy atom. The van der Waals surface area contributed by atoms with Gasteiger partial charge in [-0.15, -0.1) is 0 Å². The highest BCUT2D eigenvalue weighted by Crippen LogP contribution is 2.30. The second-order valence-electron chi connectivity index (χ2n) is 4.40. The minimum absolute atomic E-state index is 0.106. The van der Waals surface area contributed by atoms with E-state index in [1.54, 1.807) is 24.1 Å². The Balaban J connectivity index is 2.21. The summed E-state index contributed by atoms with van der Waals surface area (Å²) in [5.74, 6) is -0.356. The van der Waals surface area contributed by atoms with Gasteiger partial charge in [0, 0.05) is 13.6 Å². The van der Waals surface area contributed by atoms with Crippen LogP contribution in [0, 0.1) is 0 Å². The van der Waals surface area contributed by atoms with E-state index in [0.717, 1.165) is 0 Å². The molecule has 100 valence electrons. The number of nitrogens with zero attached hydrogens (tertiary/aromatic N) is 2. The van der Waals surface area contributed by atoms with Gasteiger partial charge in [-0.3, -0.25) is 9.59 Å². The van der Waals surface area contributed by atoms with Crippen molar-refractivity contribution >= 4 is 29.1 Å². The average molecular weight is 279 g/mol. The van der Waals surface area contributed by atoms with Crippen molar-refractivity contribution in [2.24, 2.45) is 0 Å². The molecular weight excluding hydrogens is 264 g/mol. The van der Waals surface area contributed by atoms with E-state index < -0.39 is 6.04 Å². The number of carbonyl (C=O) groups is 2. The zero-order valence-electron chi connectivity index (χ0n) is 10.7. The lowest BCUT2D eigenvalue weighted by molar-refractivity contribution is -0.132. The maximum atomic E-state index is 12.4. The number of carbonyl (C=O) groups excluding carboxylic acids is 2. The highest BCUT2D eigenvalue weighted by molar-refractivity contribution is 6.34. The summed E-state index contributed by atoms with van der Waals surface area (Å²) in [4.78, 5) is 27.0. The molecule has 0 saturated carbocycles. The van der Waals surface area contributed by atoms with Gasteiger partial charge in [0.2, 0.25) is 11.8 Å². The van der Waals surface area contributed by atoms with Crippen molar-refractivity contribution in [1.82, 2.24) is 4.90 Å². The smallest absolute Gasteiger partial charge is 0.249 e. The van der Waals surface area contributed by atoms with Crippen LogP contribution in [0.25, 0.3) is 0 Å². The van der Waals surface area contributed by atoms with Gasteiger partial charge < -0.3 is 9.80 Å². The highest BCUT2D eigenvalue weighted by atomic mass is 35.5. The van der Waals surface area contributed by atoms with E-state index in [9.17, 15) is 9.59 Å². The molecule has 1 heterocycles. The topological polar surface area (TPSA) is 40.6 Å². The van der Waals surface area contributed by atoms with Crippen LogP contribution in [0.15, 0.2) is 36.9 Å². The van der Waals surface area contributed by atoms with E-state index in [4.69, 9.17) is 11.6 Å². The van der Waals surface area contributed by atoms with Gasteiger partial charge in [-0.05, 0) is 24.6 Å². The first-order valence-corrected chi connectivity index (χ1v) is 6.39. The summed E-state index contributed by atoms with van der Waals surface area (Å²) in [5.41, 5.74) is 0.691. The normalized spacial score (nSPS) is 18.5. The molecule has 1 aromatic carbocycles. The fraction of sp³-hybridized carbons (Fsp3) is 0.286. The Morgan fingerprint density at radius 2 is 2.21 bits per heavy atom. The quantitative estimate of drug-likeness (QED) is 0.795. The van der Waals surface area contributed by atoms with Gasteiger partial charge in [0.05, 0.1) is 10.7 Å². The molecule has 1 atom stereocenters. The molecule has 5 heteroatoms. The van der Waals surface area contributed by atoms with Gasteiger partial charge in [0.15, 0.2) is 0 Å². The lowest BCUT2D eigenvalue weighted by atomic mass is 10.2. The van der Waals surface area contributed by atoms with Gasteiger partial charge in [-0.2, -0.15) is 0 Å². The molecule has 1 saturated heterocycles. The maximum Gasteiger partial charge on any atom is 0.249 e. The molecule has 0 spiro atoms. The van der Waals surface area contributed by atoms with Crippen molar-refractivity contribution in [2.45, 2.75) is 12.5 Å². The Bertz CT molecular complexity index is 530. The molecule has 0 radical (unpaired) electrons. The van der Waals surface area contributed by atoms with Crippen LogP contribution in [-0.2, 0) is 9.59 Å². The first-order chi connectivity index (χ1) is 9.06. The number of hydrogen-bond acceptors (Lipinski definition) is 2. The Hall–Kier alpha value is -1.81. The molecule has 0 N–H and O–H groups in total. The summed E-state index contributed by atoms with van der Waals surface area (Å²) in [6.07, 6.45) is 1.81. The predicted octanol–water partition coefficient (Wildman–Crippen LogP) is 2.09. The molecule has 4 nitrogen and oxygen atoms in total. The lowest BCUT2D eigenvalue weighted by Crippen LogP contribution is -2.42. The van der Waals surface area contributed by atoms with Crippen molar-refractivity contribution in [3.63, 3.8) is 0 Å². The molecule has 0 aliphatic carbocycles. The third-order valence-electron chi connectivity index (χ3n) is 3.31. The monoisotopic (exact) mass is 278 g/mol. The third kappa shape index (κ3) is 2.49. The summed E-state index contributed by atoms with van der Waals surface area (Å²) < 4.78 is 0. The molecular formula is C14H15ClN2O2. The summed E-state index contributed by atoms with van der Waals surface area (Å²) in [5, 5.41) is 0.536. The van der Waals surface area contributed by atoms with E-state index in [2.05, 4.69) is 6.58 Å². The van der Waals surface area contributed by atoms with Gasteiger partial charge in [-0.25, -0.2) is 0 Å². The summed E-state index contributed by atoms with van der Waals surface area (Å²) in [6.45, 7) is 3.99. The van der Waals surface area contributed by atoms with Crippen molar-refractivity contribution < 1.29 is 9.59 Å². The fourth-order valence-corrected chi connectivity index (χ4v) is 2.47. The zero-order valence-corrected chi connectivity index (χ0v) is 11.4. The molecule has 1 aliphatic heterocycles. The largest absolute Gasteiger partial charge is 0.330 e. The molecule has 0 aromatic heterocycles. The molecule has 1 fully saturated rings. The molecule has 1 aromatic rings. The van der Waals surface area contributed by atoms with Crippen LogP contribution < -0.4 is 4.90 Å². The second kappa shape index (κ2) is 5.45. The fourth-order valence-electron chi connectivity index (χ4n) is 2.23.